The van der Waals surface area contributed by atoms with Crippen LogP contribution >= 0.6 is 0 Å². The predicted octanol–water partition coefficient (Wildman–Crippen LogP) is 0.618. The summed E-state index contributed by atoms with van der Waals surface area (Å²) in [4.78, 5) is 6.55. The van der Waals surface area contributed by atoms with Crippen LogP contribution in [0.1, 0.15) is 25.7 Å². The molecule has 1 aliphatic rings. The molecule has 0 saturated carbocycles. The van der Waals surface area contributed by atoms with Gasteiger partial charge in [-0.05, 0) is 19.1 Å². The topological polar surface area (TPSA) is 63.4 Å². The molecule has 2 rings (SSSR count). The van der Waals surface area contributed by atoms with Crippen LogP contribution in [0.15, 0.2) is 4.52 Å². The van der Waals surface area contributed by atoms with Crippen molar-refractivity contribution in [2.24, 2.45) is 0 Å². The molecular formula is C11H20N4O2. The van der Waals surface area contributed by atoms with Crippen LogP contribution in [0.5, 0.6) is 0 Å². The predicted molar refractivity (Wildman–Crippen MR) is 64.3 cm³/mol. The van der Waals surface area contributed by atoms with Gasteiger partial charge >= 0.3 is 0 Å². The number of nitrogens with one attached hydrogen (secondary N) is 1. The molecule has 0 amide bonds. The molecular weight excluding hydrogens is 220 g/mol. The molecule has 1 fully saturated rings. The summed E-state index contributed by atoms with van der Waals surface area (Å²) in [7, 11) is 1.93. The van der Waals surface area contributed by atoms with E-state index >= 15 is 0 Å². The molecule has 1 aliphatic heterocycles. The van der Waals surface area contributed by atoms with Crippen LogP contribution in [0, 0.1) is 0 Å². The summed E-state index contributed by atoms with van der Waals surface area (Å²) in [5.74, 6) is 1.58. The second-order valence-electron chi connectivity index (χ2n) is 4.40. The Labute approximate surface area is 101 Å². The third kappa shape index (κ3) is 2.76. The Kier molecular flexibility index (Phi) is 3.96. The van der Waals surface area contributed by atoms with E-state index in [1.807, 2.05) is 7.05 Å². The maximum atomic E-state index is 5.32. The SMILES string of the molecule is CNC(C)C(C)c1nc(N2CCOCC2)no1. The molecule has 1 saturated heterocycles. The Morgan fingerprint density at radius 2 is 2.00 bits per heavy atom. The summed E-state index contributed by atoms with van der Waals surface area (Å²) in [5, 5.41) is 7.22. The van der Waals surface area contributed by atoms with E-state index in [0.29, 0.717) is 17.9 Å². The van der Waals surface area contributed by atoms with Gasteiger partial charge in [-0.3, -0.25) is 0 Å². The van der Waals surface area contributed by atoms with Crippen molar-refractivity contribution in [1.82, 2.24) is 15.5 Å². The molecule has 2 atom stereocenters. The first-order valence-electron chi connectivity index (χ1n) is 6.06. The van der Waals surface area contributed by atoms with Crippen molar-refractivity contribution in [3.63, 3.8) is 0 Å². The van der Waals surface area contributed by atoms with Gasteiger partial charge in [0.1, 0.15) is 0 Å². The van der Waals surface area contributed by atoms with E-state index in [1.54, 1.807) is 0 Å². The second-order valence-corrected chi connectivity index (χ2v) is 4.40. The lowest BCUT2D eigenvalue weighted by Gasteiger charge is -2.24. The molecule has 0 radical (unpaired) electrons. The Balaban J connectivity index is 2.04. The number of hydrogen-bond donors (Lipinski definition) is 1. The maximum Gasteiger partial charge on any atom is 0.266 e. The van der Waals surface area contributed by atoms with E-state index in [4.69, 9.17) is 9.26 Å². The highest BCUT2D eigenvalue weighted by molar-refractivity contribution is 5.28. The molecule has 6 nitrogen and oxygen atoms in total. The van der Waals surface area contributed by atoms with Gasteiger partial charge in [-0.15, -0.1) is 0 Å². The van der Waals surface area contributed by atoms with E-state index < -0.39 is 0 Å². The molecule has 1 aromatic rings. The highest BCUT2D eigenvalue weighted by atomic mass is 16.5. The highest BCUT2D eigenvalue weighted by Gasteiger charge is 2.22. The number of aromatic nitrogens is 2. The standard InChI is InChI=1S/C11H20N4O2/c1-8(9(2)12-3)10-13-11(14-17-10)15-4-6-16-7-5-15/h8-9,12H,4-7H2,1-3H3. The molecule has 0 aromatic carbocycles. The zero-order chi connectivity index (χ0) is 12.3. The third-order valence-corrected chi connectivity index (χ3v) is 3.32. The number of rotatable bonds is 4. The van der Waals surface area contributed by atoms with Crippen molar-refractivity contribution < 1.29 is 9.26 Å². The molecule has 17 heavy (non-hydrogen) atoms. The minimum Gasteiger partial charge on any atom is -0.378 e. The molecule has 2 heterocycles. The van der Waals surface area contributed by atoms with Crippen LogP contribution in [-0.4, -0.2) is 49.5 Å². The lowest BCUT2D eigenvalue weighted by molar-refractivity contribution is 0.121. The number of anilines is 1. The number of morpholine rings is 1. The smallest absolute Gasteiger partial charge is 0.266 e. The molecule has 0 bridgehead atoms. The van der Waals surface area contributed by atoms with Gasteiger partial charge in [0, 0.05) is 19.1 Å². The fourth-order valence-electron chi connectivity index (χ4n) is 1.77. The quantitative estimate of drug-likeness (QED) is 0.832. The van der Waals surface area contributed by atoms with Gasteiger partial charge in [-0.25, -0.2) is 0 Å². The fraction of sp³-hybridized carbons (Fsp3) is 0.818. The normalized spacial score (nSPS) is 20.3. The minimum absolute atomic E-state index is 0.210. The minimum atomic E-state index is 0.210. The average molecular weight is 240 g/mol. The van der Waals surface area contributed by atoms with Crippen LogP contribution in [0.3, 0.4) is 0 Å². The molecule has 96 valence electrons. The van der Waals surface area contributed by atoms with Gasteiger partial charge in [0.2, 0.25) is 5.89 Å². The molecule has 1 N–H and O–H groups in total. The summed E-state index contributed by atoms with van der Waals surface area (Å²) in [6.45, 7) is 7.30. The van der Waals surface area contributed by atoms with E-state index in [0.717, 1.165) is 26.3 Å². The van der Waals surface area contributed by atoms with E-state index in [-0.39, 0.29) is 5.92 Å². The average Bonchev–Trinajstić information content (AvgIpc) is 2.87. The molecule has 0 spiro atoms. The van der Waals surface area contributed by atoms with Gasteiger partial charge in [0.25, 0.3) is 5.95 Å². The number of nitrogens with zero attached hydrogens (tertiary/aromatic N) is 3. The molecule has 0 aliphatic carbocycles. The number of hydrogen-bond acceptors (Lipinski definition) is 6. The van der Waals surface area contributed by atoms with Gasteiger partial charge < -0.3 is 19.5 Å². The number of likely N-dealkylation sites (N-methyl/N-ethyl adjacent to an activating group) is 1. The zero-order valence-corrected chi connectivity index (χ0v) is 10.6. The van der Waals surface area contributed by atoms with Gasteiger partial charge in [-0.2, -0.15) is 4.98 Å². The summed E-state index contributed by atoms with van der Waals surface area (Å²) in [5.41, 5.74) is 0. The summed E-state index contributed by atoms with van der Waals surface area (Å²) >= 11 is 0. The zero-order valence-electron chi connectivity index (χ0n) is 10.6. The first-order chi connectivity index (χ1) is 8.22. The lowest BCUT2D eigenvalue weighted by Crippen LogP contribution is -2.37. The monoisotopic (exact) mass is 240 g/mol. The summed E-state index contributed by atoms with van der Waals surface area (Å²) in [6.07, 6.45) is 0. The van der Waals surface area contributed by atoms with Crippen LogP contribution < -0.4 is 10.2 Å². The Bertz CT molecular complexity index is 332. The summed E-state index contributed by atoms with van der Waals surface area (Å²) in [6, 6.07) is 0.313. The second kappa shape index (κ2) is 5.46. The highest BCUT2D eigenvalue weighted by Crippen LogP contribution is 2.20. The van der Waals surface area contributed by atoms with E-state index in [1.165, 1.54) is 0 Å². The van der Waals surface area contributed by atoms with Gasteiger partial charge in [-0.1, -0.05) is 6.92 Å². The molecule has 6 heteroatoms. The first kappa shape index (κ1) is 12.3. The van der Waals surface area contributed by atoms with Gasteiger partial charge in [0.05, 0.1) is 19.1 Å². The van der Waals surface area contributed by atoms with Gasteiger partial charge in [0.15, 0.2) is 0 Å². The Morgan fingerprint density at radius 3 is 2.65 bits per heavy atom. The first-order valence-corrected chi connectivity index (χ1v) is 6.06. The van der Waals surface area contributed by atoms with Crippen molar-refractivity contribution in [2.45, 2.75) is 25.8 Å². The van der Waals surface area contributed by atoms with Crippen molar-refractivity contribution in [2.75, 3.05) is 38.3 Å². The van der Waals surface area contributed by atoms with Crippen molar-refractivity contribution in [3.05, 3.63) is 5.89 Å². The van der Waals surface area contributed by atoms with Crippen molar-refractivity contribution in [3.8, 4) is 0 Å². The van der Waals surface area contributed by atoms with Crippen LogP contribution in [0.4, 0.5) is 5.95 Å². The fourth-order valence-corrected chi connectivity index (χ4v) is 1.77. The molecule has 2 unspecified atom stereocenters. The lowest BCUT2D eigenvalue weighted by atomic mass is 10.0. The van der Waals surface area contributed by atoms with Crippen molar-refractivity contribution >= 4 is 5.95 Å². The number of ether oxygens (including phenoxy) is 1. The van der Waals surface area contributed by atoms with Crippen molar-refractivity contribution in [1.29, 1.82) is 0 Å². The molecule has 1 aromatic heterocycles. The van der Waals surface area contributed by atoms with Crippen LogP contribution in [0.25, 0.3) is 0 Å². The van der Waals surface area contributed by atoms with Crippen LogP contribution in [0.2, 0.25) is 0 Å². The largest absolute Gasteiger partial charge is 0.378 e. The van der Waals surface area contributed by atoms with Crippen LogP contribution in [-0.2, 0) is 4.74 Å². The summed E-state index contributed by atoms with van der Waals surface area (Å²) < 4.78 is 10.6. The maximum absolute atomic E-state index is 5.32. The Morgan fingerprint density at radius 1 is 1.29 bits per heavy atom. The Hall–Kier alpha value is -1.14. The third-order valence-electron chi connectivity index (χ3n) is 3.32. The van der Waals surface area contributed by atoms with E-state index in [2.05, 4.69) is 34.2 Å². The van der Waals surface area contributed by atoms with E-state index in [9.17, 15) is 0 Å².